The SMILES string of the molecule is Fc1ccc(-c2ccccc2-c2c3c(c(-c4ccccc4)c4ccccc24)-c2ccc4c5ccc6c7c(ccc(c8ccc-3c2c84)c75)-c2c-6c(-c3ccccc3-c3ccc(F)cc3)c3cc4ccccc4cc3c2-c2ccccc2)cc1. The molecule has 378 valence electrons. The van der Waals surface area contributed by atoms with Gasteiger partial charge in [-0.2, -0.15) is 0 Å². The van der Waals surface area contributed by atoms with Crippen molar-refractivity contribution >= 4 is 75.4 Å². The van der Waals surface area contributed by atoms with E-state index < -0.39 is 0 Å². The van der Waals surface area contributed by atoms with Gasteiger partial charge in [0.1, 0.15) is 11.6 Å². The minimum Gasteiger partial charge on any atom is -0.207 e. The first-order valence-electron chi connectivity index (χ1n) is 28.2. The van der Waals surface area contributed by atoms with E-state index in [0.29, 0.717) is 0 Å². The Hall–Kier alpha value is -10.5. The summed E-state index contributed by atoms with van der Waals surface area (Å²) in [7, 11) is 0. The van der Waals surface area contributed by atoms with Crippen molar-refractivity contribution in [3.05, 3.63) is 279 Å². The molecule has 16 aromatic rings. The average Bonchev–Trinajstić information content (AvgIpc) is 1.99. The van der Waals surface area contributed by atoms with Gasteiger partial charge in [-0.15, -0.1) is 0 Å². The predicted molar refractivity (Wildman–Crippen MR) is 342 cm³/mol. The molecule has 0 spiro atoms. The fraction of sp³-hybridized carbons (Fsp3) is 0. The largest absolute Gasteiger partial charge is 0.207 e. The van der Waals surface area contributed by atoms with E-state index in [1.54, 1.807) is 24.3 Å². The lowest BCUT2D eigenvalue weighted by Gasteiger charge is -2.22. The minimum absolute atomic E-state index is 0.251. The molecular weight excluding hydrogens is 999 g/mol. The second-order valence-corrected chi connectivity index (χ2v) is 22.3. The molecule has 2 heteroatoms. The Morgan fingerprint density at radius 2 is 0.488 bits per heavy atom. The van der Waals surface area contributed by atoms with E-state index in [1.807, 2.05) is 24.3 Å². The summed E-state index contributed by atoms with van der Waals surface area (Å²) < 4.78 is 29.3. The molecule has 0 aromatic heterocycles. The lowest BCUT2D eigenvalue weighted by atomic mass is 9.80. The maximum atomic E-state index is 14.7. The van der Waals surface area contributed by atoms with Gasteiger partial charge in [0.15, 0.2) is 0 Å². The first-order chi connectivity index (χ1) is 40.6. The zero-order valence-corrected chi connectivity index (χ0v) is 44.2. The first kappa shape index (κ1) is 45.3. The van der Waals surface area contributed by atoms with E-state index >= 15 is 0 Å². The third-order valence-corrected chi connectivity index (χ3v) is 18.2. The molecule has 0 fully saturated rings. The summed E-state index contributed by atoms with van der Waals surface area (Å²) >= 11 is 0. The van der Waals surface area contributed by atoms with Gasteiger partial charge in [0.2, 0.25) is 0 Å². The maximum absolute atomic E-state index is 14.7. The summed E-state index contributed by atoms with van der Waals surface area (Å²) in [4.78, 5) is 0. The zero-order chi connectivity index (χ0) is 53.9. The fourth-order valence-corrected chi connectivity index (χ4v) is 14.9. The van der Waals surface area contributed by atoms with E-state index in [4.69, 9.17) is 0 Å². The van der Waals surface area contributed by atoms with E-state index in [2.05, 4.69) is 218 Å². The molecule has 0 aliphatic heterocycles. The quantitative estimate of drug-likeness (QED) is 0.115. The fourth-order valence-electron chi connectivity index (χ4n) is 14.9. The highest BCUT2D eigenvalue weighted by Crippen LogP contribution is 2.64. The van der Waals surface area contributed by atoms with Crippen LogP contribution in [-0.4, -0.2) is 0 Å². The second-order valence-electron chi connectivity index (χ2n) is 22.3. The molecule has 0 saturated carbocycles. The van der Waals surface area contributed by atoms with Gasteiger partial charge in [0, 0.05) is 0 Å². The lowest BCUT2D eigenvalue weighted by Crippen LogP contribution is -1.95. The molecule has 0 heterocycles. The van der Waals surface area contributed by atoms with Gasteiger partial charge in [0.05, 0.1) is 0 Å². The van der Waals surface area contributed by atoms with Crippen molar-refractivity contribution in [3.8, 4) is 111 Å². The van der Waals surface area contributed by atoms with Crippen LogP contribution in [0.2, 0.25) is 0 Å². The van der Waals surface area contributed by atoms with Crippen LogP contribution in [0.5, 0.6) is 0 Å². The normalized spacial score (nSPS) is 12.3. The third-order valence-electron chi connectivity index (χ3n) is 18.2. The van der Waals surface area contributed by atoms with Gasteiger partial charge in [-0.3, -0.25) is 0 Å². The Morgan fingerprint density at radius 3 is 0.915 bits per heavy atom. The van der Waals surface area contributed by atoms with Crippen molar-refractivity contribution in [1.82, 2.24) is 0 Å². The van der Waals surface area contributed by atoms with Gasteiger partial charge in [0.25, 0.3) is 0 Å². The molecule has 18 rings (SSSR count). The number of benzene rings is 16. The monoisotopic (exact) mass is 1040 g/mol. The molecule has 0 N–H and O–H groups in total. The number of rotatable bonds is 6. The van der Waals surface area contributed by atoms with Crippen LogP contribution in [0.25, 0.3) is 187 Å². The van der Waals surface area contributed by atoms with E-state index in [-0.39, 0.29) is 11.6 Å². The van der Waals surface area contributed by atoms with Gasteiger partial charge < -0.3 is 0 Å². The van der Waals surface area contributed by atoms with Gasteiger partial charge in [-0.05, 0) is 223 Å². The summed E-state index contributed by atoms with van der Waals surface area (Å²) in [5.74, 6) is -0.504. The summed E-state index contributed by atoms with van der Waals surface area (Å²) in [5.41, 5.74) is 23.3. The molecular formula is C80H44F2. The molecule has 2 aliphatic carbocycles. The lowest BCUT2D eigenvalue weighted by molar-refractivity contribution is 0.627. The number of halogens is 2. The summed E-state index contributed by atoms with van der Waals surface area (Å²) in [6.45, 7) is 0. The van der Waals surface area contributed by atoms with Crippen LogP contribution in [0.1, 0.15) is 0 Å². The predicted octanol–water partition coefficient (Wildman–Crippen LogP) is 22.8. The highest BCUT2D eigenvalue weighted by molar-refractivity contribution is 6.42. The van der Waals surface area contributed by atoms with Crippen molar-refractivity contribution in [2.75, 3.05) is 0 Å². The smallest absolute Gasteiger partial charge is 0.123 e. The molecule has 82 heavy (non-hydrogen) atoms. The minimum atomic E-state index is -0.253. The molecule has 0 unspecified atom stereocenters. The average molecular weight is 1040 g/mol. The Morgan fingerprint density at radius 1 is 0.171 bits per heavy atom. The highest BCUT2D eigenvalue weighted by atomic mass is 19.1. The van der Waals surface area contributed by atoms with Crippen molar-refractivity contribution in [2.24, 2.45) is 0 Å². The van der Waals surface area contributed by atoms with Gasteiger partial charge in [-0.1, -0.05) is 231 Å². The molecule has 0 bridgehead atoms. The maximum Gasteiger partial charge on any atom is 0.123 e. The van der Waals surface area contributed by atoms with E-state index in [0.717, 1.165) is 33.4 Å². The van der Waals surface area contributed by atoms with Crippen molar-refractivity contribution in [3.63, 3.8) is 0 Å². The number of hydrogen-bond acceptors (Lipinski definition) is 0. The Bertz CT molecular complexity index is 5400. The van der Waals surface area contributed by atoms with Gasteiger partial charge in [-0.25, -0.2) is 8.78 Å². The summed E-state index contributed by atoms with van der Waals surface area (Å²) in [6, 6.07) is 94.8. The zero-order valence-electron chi connectivity index (χ0n) is 44.2. The summed E-state index contributed by atoms with van der Waals surface area (Å²) in [6.07, 6.45) is 0. The van der Waals surface area contributed by atoms with Crippen LogP contribution >= 0.6 is 0 Å². The Balaban J connectivity index is 0.962. The Labute approximate surface area is 471 Å². The van der Waals surface area contributed by atoms with Crippen LogP contribution in [0, 0.1) is 11.6 Å². The number of hydrogen-bond donors (Lipinski definition) is 0. The standard InChI is InChI=1S/C80H44F2/c81-51-31-27-45(28-32-51)53-21-9-11-23-55(53)73-58-26-14-13-25-57(58)69(47-15-3-1-4-16-47)77-63-39-35-59-62-38-42-66-76-64(40-36-60(72(62)76)61-37-41-65(79(73)77)75(63)71(59)61)78-70(48-17-5-2-6-18-48)67-43-49-19-7-8-20-50(49)44-68(67)74(80(66)78)56-24-12-10-22-54(56)46-29-33-52(82)34-30-46/h1-44H. The molecule has 0 radical (unpaired) electrons. The van der Waals surface area contributed by atoms with Crippen molar-refractivity contribution in [2.45, 2.75) is 0 Å². The molecule has 2 aliphatic rings. The van der Waals surface area contributed by atoms with Gasteiger partial charge >= 0.3 is 0 Å². The number of fused-ring (bicyclic) bond motifs is 11. The van der Waals surface area contributed by atoms with Crippen LogP contribution in [0.15, 0.2) is 267 Å². The molecule has 0 atom stereocenters. The summed E-state index contributed by atoms with van der Waals surface area (Å²) in [5, 5.41) is 17.1. The third kappa shape index (κ3) is 6.18. The van der Waals surface area contributed by atoms with E-state index in [1.165, 1.54) is 153 Å². The van der Waals surface area contributed by atoms with Crippen molar-refractivity contribution in [1.29, 1.82) is 0 Å². The highest BCUT2D eigenvalue weighted by Gasteiger charge is 2.36. The molecule has 0 amide bonds. The Kier molecular flexibility index (Phi) is 9.39. The van der Waals surface area contributed by atoms with Crippen LogP contribution < -0.4 is 0 Å². The van der Waals surface area contributed by atoms with E-state index in [9.17, 15) is 8.78 Å². The van der Waals surface area contributed by atoms with Crippen LogP contribution in [0.4, 0.5) is 8.78 Å². The second kappa shape index (κ2) is 17.0. The van der Waals surface area contributed by atoms with Crippen LogP contribution in [-0.2, 0) is 0 Å². The first-order valence-corrected chi connectivity index (χ1v) is 28.2. The van der Waals surface area contributed by atoms with Crippen LogP contribution in [0.3, 0.4) is 0 Å². The van der Waals surface area contributed by atoms with Crippen molar-refractivity contribution < 1.29 is 8.78 Å². The molecule has 16 aromatic carbocycles. The molecule has 0 saturated heterocycles. The molecule has 0 nitrogen and oxygen atoms in total. The topological polar surface area (TPSA) is 0 Å².